The molecule has 0 bridgehead atoms. The van der Waals surface area contributed by atoms with Gasteiger partial charge in [0.2, 0.25) is 6.17 Å². The molecule has 0 fully saturated rings. The van der Waals surface area contributed by atoms with Gasteiger partial charge in [-0.25, -0.2) is 9.38 Å². The van der Waals surface area contributed by atoms with Crippen LogP contribution in [0.1, 0.15) is 11.1 Å². The van der Waals surface area contributed by atoms with E-state index in [9.17, 15) is 9.18 Å². The van der Waals surface area contributed by atoms with E-state index in [1.54, 1.807) is 12.1 Å². The van der Waals surface area contributed by atoms with Crippen molar-refractivity contribution in [3.63, 3.8) is 0 Å². The molecule has 4 rings (SSSR count). The number of amides is 1. The summed E-state index contributed by atoms with van der Waals surface area (Å²) in [6.45, 7) is 0. The highest BCUT2D eigenvalue weighted by molar-refractivity contribution is 9.10. The lowest BCUT2D eigenvalue weighted by Crippen LogP contribution is -2.46. The van der Waals surface area contributed by atoms with Crippen LogP contribution in [0.2, 0.25) is 0 Å². The van der Waals surface area contributed by atoms with Gasteiger partial charge in [-0.2, -0.15) is 0 Å². The summed E-state index contributed by atoms with van der Waals surface area (Å²) < 4.78 is 14.9. The van der Waals surface area contributed by atoms with Gasteiger partial charge < -0.3 is 20.9 Å². The molecule has 0 radical (unpaired) electrons. The van der Waals surface area contributed by atoms with Crippen molar-refractivity contribution in [1.82, 2.24) is 10.6 Å². The first-order chi connectivity index (χ1) is 18.3. The maximum absolute atomic E-state index is 14.2. The number of carbonyl (C=O) groups excluding carboxylic acids is 1. The number of rotatable bonds is 7. The number of anilines is 2. The Hall–Kier alpha value is -3.82. The molecule has 9 heteroatoms. The highest BCUT2D eigenvalue weighted by Gasteiger charge is 2.21. The monoisotopic (exact) mass is 591 g/mol. The number of carbonyl (C=O) groups is 1. The summed E-state index contributed by atoms with van der Waals surface area (Å²) in [5, 5.41) is 11.1. The summed E-state index contributed by atoms with van der Waals surface area (Å²) in [5.74, 6) is -0.806. The van der Waals surface area contributed by atoms with Gasteiger partial charge in [-0.05, 0) is 42.5 Å². The van der Waals surface area contributed by atoms with Crippen LogP contribution in [0, 0.1) is 5.82 Å². The first kappa shape index (κ1) is 27.2. The molecule has 0 spiro atoms. The van der Waals surface area contributed by atoms with E-state index in [1.165, 1.54) is 19.2 Å². The number of thiocarbonyl (C=S) groups is 1. The standard InChI is InChI=1S/C29H27BrFN5OS/c1-32-28(37)27(34-26(18-9-8-10-19(31)17-18)22-13-6-7-14-23(22)30)35-29(38)33-24-15-16-25(36(2)3)21-12-5-4-11-20(21)24/h4-17,27H,1-3H3,(H,32,37)(H2,33,35,38)/b34-26+. The number of nitrogens with one attached hydrogen (secondary N) is 3. The molecule has 0 aromatic heterocycles. The Labute approximate surface area is 235 Å². The van der Waals surface area contributed by atoms with Gasteiger partial charge in [0.25, 0.3) is 5.91 Å². The third-order valence-electron chi connectivity index (χ3n) is 5.88. The number of hydrogen-bond acceptors (Lipinski definition) is 4. The fraction of sp³-hybridized carbons (Fsp3) is 0.138. The smallest absolute Gasteiger partial charge is 0.265 e. The molecule has 6 nitrogen and oxygen atoms in total. The van der Waals surface area contributed by atoms with Crippen LogP contribution >= 0.6 is 28.1 Å². The Morgan fingerprint density at radius 3 is 2.37 bits per heavy atom. The summed E-state index contributed by atoms with van der Waals surface area (Å²) in [7, 11) is 5.51. The molecule has 0 heterocycles. The maximum Gasteiger partial charge on any atom is 0.265 e. The van der Waals surface area contributed by atoms with E-state index in [1.807, 2.05) is 74.8 Å². The zero-order chi connectivity index (χ0) is 27.2. The molecule has 1 amide bonds. The van der Waals surface area contributed by atoms with E-state index in [4.69, 9.17) is 17.2 Å². The van der Waals surface area contributed by atoms with Crippen LogP contribution in [0.15, 0.2) is 94.4 Å². The van der Waals surface area contributed by atoms with Crippen LogP contribution in [-0.2, 0) is 4.79 Å². The highest BCUT2D eigenvalue weighted by Crippen LogP contribution is 2.31. The van der Waals surface area contributed by atoms with E-state index in [2.05, 4.69) is 36.8 Å². The summed E-state index contributed by atoms with van der Waals surface area (Å²) >= 11 is 9.16. The summed E-state index contributed by atoms with van der Waals surface area (Å²) in [6.07, 6.45) is -1.09. The van der Waals surface area contributed by atoms with Crippen molar-refractivity contribution in [1.29, 1.82) is 0 Å². The normalized spacial score (nSPS) is 12.1. The molecule has 4 aromatic carbocycles. The third kappa shape index (κ3) is 6.17. The molecule has 0 aliphatic rings. The number of hydrogen-bond donors (Lipinski definition) is 3. The number of nitrogens with zero attached hydrogens (tertiary/aromatic N) is 2. The SMILES string of the molecule is CNC(=O)C(/N=C(\c1cccc(F)c1)c1ccccc1Br)NC(=S)Nc1ccc(N(C)C)c2ccccc12. The Balaban J connectivity index is 1.70. The Kier molecular flexibility index (Phi) is 8.70. The molecule has 0 saturated heterocycles. The van der Waals surface area contributed by atoms with Crippen LogP contribution < -0.4 is 20.9 Å². The van der Waals surface area contributed by atoms with E-state index < -0.39 is 17.9 Å². The molecule has 1 unspecified atom stereocenters. The lowest BCUT2D eigenvalue weighted by molar-refractivity contribution is -0.122. The average molecular weight is 593 g/mol. The van der Waals surface area contributed by atoms with E-state index in [0.29, 0.717) is 16.8 Å². The van der Waals surface area contributed by atoms with Crippen molar-refractivity contribution in [3.05, 3.63) is 106 Å². The minimum atomic E-state index is -1.09. The predicted molar refractivity (Wildman–Crippen MR) is 162 cm³/mol. The average Bonchev–Trinajstić information content (AvgIpc) is 2.91. The largest absolute Gasteiger partial charge is 0.377 e. The molecule has 0 aliphatic heterocycles. The number of benzene rings is 4. The lowest BCUT2D eigenvalue weighted by Gasteiger charge is -2.21. The van der Waals surface area contributed by atoms with Gasteiger partial charge >= 0.3 is 0 Å². The number of fused-ring (bicyclic) bond motifs is 1. The fourth-order valence-corrected chi connectivity index (χ4v) is 4.77. The molecule has 4 aromatic rings. The third-order valence-corrected chi connectivity index (χ3v) is 6.79. The highest BCUT2D eigenvalue weighted by atomic mass is 79.9. The Bertz CT molecular complexity index is 1520. The first-order valence-corrected chi connectivity index (χ1v) is 13.1. The number of halogens is 2. The van der Waals surface area contributed by atoms with E-state index in [-0.39, 0.29) is 5.11 Å². The second-order valence-corrected chi connectivity index (χ2v) is 9.92. The Morgan fingerprint density at radius 2 is 1.68 bits per heavy atom. The lowest BCUT2D eigenvalue weighted by atomic mass is 10.0. The van der Waals surface area contributed by atoms with Crippen LogP contribution in [-0.4, -0.2) is 44.0 Å². The van der Waals surface area contributed by atoms with Gasteiger partial charge in [0.1, 0.15) is 5.82 Å². The zero-order valence-corrected chi connectivity index (χ0v) is 23.5. The zero-order valence-electron chi connectivity index (χ0n) is 21.1. The van der Waals surface area contributed by atoms with Crippen LogP contribution in [0.3, 0.4) is 0 Å². The van der Waals surface area contributed by atoms with E-state index in [0.717, 1.165) is 26.6 Å². The van der Waals surface area contributed by atoms with Crippen LogP contribution in [0.4, 0.5) is 15.8 Å². The van der Waals surface area contributed by atoms with E-state index >= 15 is 0 Å². The maximum atomic E-state index is 14.2. The number of aliphatic imine (C=N–C) groups is 1. The van der Waals surface area contributed by atoms with Crippen LogP contribution in [0.25, 0.3) is 10.8 Å². The minimum Gasteiger partial charge on any atom is -0.377 e. The summed E-state index contributed by atoms with van der Waals surface area (Å²) in [6, 6.07) is 25.5. The molecule has 194 valence electrons. The van der Waals surface area contributed by atoms with Crippen molar-refractivity contribution in [3.8, 4) is 0 Å². The molecule has 1 atom stereocenters. The first-order valence-electron chi connectivity index (χ1n) is 11.9. The molecular weight excluding hydrogens is 565 g/mol. The van der Waals surface area contributed by atoms with Gasteiger partial charge in [-0.3, -0.25) is 4.79 Å². The second-order valence-electron chi connectivity index (χ2n) is 8.66. The van der Waals surface area contributed by atoms with Crippen LogP contribution in [0.5, 0.6) is 0 Å². The van der Waals surface area contributed by atoms with Gasteiger partial charge in [0, 0.05) is 58.9 Å². The summed E-state index contributed by atoms with van der Waals surface area (Å²) in [4.78, 5) is 19.7. The van der Waals surface area contributed by atoms with Crippen molar-refractivity contribution in [2.45, 2.75) is 6.17 Å². The molecule has 38 heavy (non-hydrogen) atoms. The quantitative estimate of drug-likeness (QED) is 0.190. The topological polar surface area (TPSA) is 68.8 Å². The van der Waals surface area contributed by atoms with Crippen molar-refractivity contribution < 1.29 is 9.18 Å². The Morgan fingerprint density at radius 1 is 0.974 bits per heavy atom. The molecule has 0 aliphatic carbocycles. The minimum absolute atomic E-state index is 0.218. The van der Waals surface area contributed by atoms with Crippen molar-refractivity contribution in [2.75, 3.05) is 31.4 Å². The van der Waals surface area contributed by atoms with Gasteiger partial charge in [0.05, 0.1) is 5.71 Å². The van der Waals surface area contributed by atoms with Gasteiger partial charge in [-0.1, -0.05) is 70.5 Å². The second kappa shape index (κ2) is 12.1. The molecular formula is C29H27BrFN5OS. The summed E-state index contributed by atoms with van der Waals surface area (Å²) in [5.41, 5.74) is 3.53. The molecule has 3 N–H and O–H groups in total. The van der Waals surface area contributed by atoms with Crippen molar-refractivity contribution in [2.24, 2.45) is 4.99 Å². The predicted octanol–water partition coefficient (Wildman–Crippen LogP) is 5.70. The van der Waals surface area contributed by atoms with Crippen molar-refractivity contribution >= 4 is 67.0 Å². The van der Waals surface area contributed by atoms with Gasteiger partial charge in [-0.15, -0.1) is 0 Å². The molecule has 0 saturated carbocycles. The van der Waals surface area contributed by atoms with Gasteiger partial charge in [0.15, 0.2) is 5.11 Å². The fourth-order valence-electron chi connectivity index (χ4n) is 4.08. The number of likely N-dealkylation sites (N-methyl/N-ethyl adjacent to an activating group) is 1.